The van der Waals surface area contributed by atoms with Gasteiger partial charge in [0.15, 0.2) is 0 Å². The molecule has 0 unspecified atom stereocenters. The first-order valence-electron chi connectivity index (χ1n) is 4.11. The fourth-order valence-corrected chi connectivity index (χ4v) is 0.573. The second kappa shape index (κ2) is 4.50. The Hall–Kier alpha value is -0.370. The Labute approximate surface area is 68.9 Å². The first-order valence-corrected chi connectivity index (χ1v) is 4.11. The Balaban J connectivity index is 3.45. The molecule has 0 aliphatic carbocycles. The van der Waals surface area contributed by atoms with Crippen LogP contribution in [0.5, 0.6) is 0 Å². The molecule has 0 aromatic carbocycles. The summed E-state index contributed by atoms with van der Waals surface area (Å²) in [7, 11) is 0. The zero-order chi connectivity index (χ0) is 8.91. The van der Waals surface area contributed by atoms with Crippen molar-refractivity contribution in [2.75, 3.05) is 6.61 Å². The van der Waals surface area contributed by atoms with Crippen LogP contribution in [0.25, 0.3) is 0 Å². The Morgan fingerprint density at radius 3 is 2.36 bits per heavy atom. The highest BCUT2D eigenvalue weighted by molar-refractivity contribution is 5.75. The van der Waals surface area contributed by atoms with Gasteiger partial charge in [0.25, 0.3) is 0 Å². The Morgan fingerprint density at radius 1 is 1.45 bits per heavy atom. The lowest BCUT2D eigenvalue weighted by atomic mass is 10.1. The highest BCUT2D eigenvalue weighted by atomic mass is 16.5. The molecule has 0 spiro atoms. The van der Waals surface area contributed by atoms with Gasteiger partial charge in [-0.25, -0.2) is 0 Å². The van der Waals surface area contributed by atoms with Gasteiger partial charge in [-0.1, -0.05) is 6.92 Å². The highest BCUT2D eigenvalue weighted by Gasteiger charge is 2.14. The molecule has 0 N–H and O–H groups in total. The molecule has 11 heavy (non-hydrogen) atoms. The number of carbonyl (C=O) groups excluding carboxylic acids is 1. The van der Waals surface area contributed by atoms with Crippen molar-refractivity contribution in [3.63, 3.8) is 0 Å². The minimum Gasteiger partial charge on any atom is -0.375 e. The second-order valence-corrected chi connectivity index (χ2v) is 3.41. The van der Waals surface area contributed by atoms with E-state index in [4.69, 9.17) is 4.74 Å². The summed E-state index contributed by atoms with van der Waals surface area (Å²) < 4.78 is 5.47. The van der Waals surface area contributed by atoms with Crippen LogP contribution in [0.3, 0.4) is 0 Å². The van der Waals surface area contributed by atoms with E-state index < -0.39 is 0 Å². The predicted octanol–water partition coefficient (Wildman–Crippen LogP) is 2.17. The van der Waals surface area contributed by atoms with Crippen molar-refractivity contribution in [1.82, 2.24) is 0 Å². The van der Waals surface area contributed by atoms with E-state index in [0.717, 1.165) is 6.42 Å². The first kappa shape index (κ1) is 10.6. The van der Waals surface area contributed by atoms with E-state index in [1.54, 1.807) is 6.92 Å². The predicted molar refractivity (Wildman–Crippen MR) is 45.6 cm³/mol. The highest BCUT2D eigenvalue weighted by Crippen LogP contribution is 2.13. The summed E-state index contributed by atoms with van der Waals surface area (Å²) in [5, 5.41) is 0. The molecule has 0 amide bonds. The van der Waals surface area contributed by atoms with Gasteiger partial charge in [-0.05, 0) is 27.2 Å². The molecule has 0 aliphatic rings. The van der Waals surface area contributed by atoms with Crippen LogP contribution in [0.4, 0.5) is 0 Å². The normalized spacial score (nSPS) is 11.6. The van der Waals surface area contributed by atoms with Crippen LogP contribution in [0.2, 0.25) is 0 Å². The first-order chi connectivity index (χ1) is 4.98. The molecule has 0 fully saturated rings. The summed E-state index contributed by atoms with van der Waals surface area (Å²) in [5.41, 5.74) is -0.0740. The second-order valence-electron chi connectivity index (χ2n) is 3.41. The molecule has 0 atom stereocenters. The fraction of sp³-hybridized carbons (Fsp3) is 0.889. The largest absolute Gasteiger partial charge is 0.375 e. The maximum Gasteiger partial charge on any atom is 0.132 e. The molecule has 66 valence electrons. The van der Waals surface area contributed by atoms with Crippen LogP contribution in [-0.4, -0.2) is 18.0 Å². The quantitative estimate of drug-likeness (QED) is 0.613. The van der Waals surface area contributed by atoms with Gasteiger partial charge in [-0.15, -0.1) is 0 Å². The van der Waals surface area contributed by atoms with E-state index in [2.05, 4.69) is 6.92 Å². The molecule has 0 aliphatic heterocycles. The zero-order valence-corrected chi connectivity index (χ0v) is 7.94. The zero-order valence-electron chi connectivity index (χ0n) is 7.94. The van der Waals surface area contributed by atoms with Gasteiger partial charge in [0.05, 0.1) is 12.2 Å². The summed E-state index contributed by atoms with van der Waals surface area (Å²) in [6, 6.07) is 0. The summed E-state index contributed by atoms with van der Waals surface area (Å²) in [6.07, 6.45) is 1.51. The van der Waals surface area contributed by atoms with E-state index in [-0.39, 0.29) is 11.4 Å². The molecule has 0 rings (SSSR count). The van der Waals surface area contributed by atoms with Crippen molar-refractivity contribution in [3.05, 3.63) is 0 Å². The monoisotopic (exact) mass is 158 g/mol. The molecule has 2 nitrogen and oxygen atoms in total. The number of carbonyl (C=O) groups is 1. The van der Waals surface area contributed by atoms with Crippen molar-refractivity contribution in [3.8, 4) is 0 Å². The smallest absolute Gasteiger partial charge is 0.132 e. The Bertz CT molecular complexity index is 128. The van der Waals surface area contributed by atoms with Crippen LogP contribution in [0, 0.1) is 0 Å². The van der Waals surface area contributed by atoms with Gasteiger partial charge < -0.3 is 4.74 Å². The average Bonchev–Trinajstić information content (AvgIpc) is 1.87. The van der Waals surface area contributed by atoms with Crippen LogP contribution in [0.15, 0.2) is 0 Å². The molecule has 0 radical (unpaired) electrons. The van der Waals surface area contributed by atoms with E-state index >= 15 is 0 Å². The maximum atomic E-state index is 10.5. The Morgan fingerprint density at radius 2 is 2.00 bits per heavy atom. The molecule has 0 saturated carbocycles. The van der Waals surface area contributed by atoms with Crippen LogP contribution in [0.1, 0.15) is 40.5 Å². The molecule has 0 heterocycles. The van der Waals surface area contributed by atoms with E-state index in [0.29, 0.717) is 13.0 Å². The number of hydrogen-bond acceptors (Lipinski definition) is 2. The lowest BCUT2D eigenvalue weighted by molar-refractivity contribution is -0.119. The number of hydrogen-bond donors (Lipinski definition) is 0. The van der Waals surface area contributed by atoms with Gasteiger partial charge >= 0.3 is 0 Å². The van der Waals surface area contributed by atoms with Crippen LogP contribution < -0.4 is 0 Å². The number of ketones is 1. The van der Waals surface area contributed by atoms with E-state index in [1.165, 1.54) is 0 Å². The standard InChI is InChI=1S/C9H18O2/c1-5-9(3,4)11-7-6-8(2)10/h5-7H2,1-4H3. The van der Waals surface area contributed by atoms with Crippen molar-refractivity contribution in [2.24, 2.45) is 0 Å². The minimum atomic E-state index is -0.0740. The number of Topliss-reactive ketones (excluding diaryl/α,β-unsaturated/α-hetero) is 1. The topological polar surface area (TPSA) is 26.3 Å². The van der Waals surface area contributed by atoms with Crippen molar-refractivity contribution in [2.45, 2.75) is 46.1 Å². The molecular weight excluding hydrogens is 140 g/mol. The molecule has 0 bridgehead atoms. The third-order valence-electron chi connectivity index (χ3n) is 1.80. The maximum absolute atomic E-state index is 10.5. The molecule has 0 saturated heterocycles. The molecule has 0 aromatic heterocycles. The van der Waals surface area contributed by atoms with Gasteiger partial charge in [-0.3, -0.25) is 4.79 Å². The third kappa shape index (κ3) is 6.05. The average molecular weight is 158 g/mol. The van der Waals surface area contributed by atoms with Crippen LogP contribution in [-0.2, 0) is 9.53 Å². The number of rotatable bonds is 5. The van der Waals surface area contributed by atoms with Gasteiger partial charge in [-0.2, -0.15) is 0 Å². The third-order valence-corrected chi connectivity index (χ3v) is 1.80. The van der Waals surface area contributed by atoms with Gasteiger partial charge in [0, 0.05) is 6.42 Å². The minimum absolute atomic E-state index is 0.0740. The van der Waals surface area contributed by atoms with Crippen molar-refractivity contribution >= 4 is 5.78 Å². The summed E-state index contributed by atoms with van der Waals surface area (Å²) in [4.78, 5) is 10.5. The van der Waals surface area contributed by atoms with Crippen LogP contribution >= 0.6 is 0 Å². The summed E-state index contributed by atoms with van der Waals surface area (Å²) in [5.74, 6) is 0.192. The van der Waals surface area contributed by atoms with Gasteiger partial charge in [0.2, 0.25) is 0 Å². The van der Waals surface area contributed by atoms with Crippen molar-refractivity contribution in [1.29, 1.82) is 0 Å². The SMILES string of the molecule is CCC(C)(C)OCCC(C)=O. The molecule has 2 heteroatoms. The Kier molecular flexibility index (Phi) is 4.34. The van der Waals surface area contributed by atoms with Gasteiger partial charge in [0.1, 0.15) is 5.78 Å². The lowest BCUT2D eigenvalue weighted by Crippen LogP contribution is -2.24. The summed E-state index contributed by atoms with van der Waals surface area (Å²) in [6.45, 7) is 8.28. The lowest BCUT2D eigenvalue weighted by Gasteiger charge is -2.22. The van der Waals surface area contributed by atoms with Crippen molar-refractivity contribution < 1.29 is 9.53 Å². The van der Waals surface area contributed by atoms with E-state index in [9.17, 15) is 4.79 Å². The van der Waals surface area contributed by atoms with E-state index in [1.807, 2.05) is 13.8 Å². The molecular formula is C9H18O2. The fourth-order valence-electron chi connectivity index (χ4n) is 0.573. The number of ether oxygens (including phenoxy) is 1. The summed E-state index contributed by atoms with van der Waals surface area (Å²) >= 11 is 0. The molecule has 0 aromatic rings.